The van der Waals surface area contributed by atoms with E-state index in [-0.39, 0.29) is 40.6 Å². The van der Waals surface area contributed by atoms with Crippen LogP contribution in [-0.4, -0.2) is 36.1 Å². The number of sulfonamides is 1. The average Bonchev–Trinajstić information content (AvgIpc) is 2.97. The smallest absolute Gasteiger partial charge is 0.264 e. The fourth-order valence-electron chi connectivity index (χ4n) is 7.22. The molecule has 1 N–H and O–H groups in total. The Bertz CT molecular complexity index is 1790. The Balaban J connectivity index is 1.43. The molecule has 0 amide bonds. The van der Waals surface area contributed by atoms with Gasteiger partial charge in [0.05, 0.1) is 29.5 Å². The normalized spacial score (nSPS) is 22.2. The van der Waals surface area contributed by atoms with Crippen molar-refractivity contribution < 1.29 is 17.9 Å². The maximum atomic E-state index is 13.8. The molecule has 0 radical (unpaired) electrons. The van der Waals surface area contributed by atoms with E-state index in [1.165, 1.54) is 0 Å². The summed E-state index contributed by atoms with van der Waals surface area (Å²) in [5, 5.41) is 0. The van der Waals surface area contributed by atoms with Crippen LogP contribution in [-0.2, 0) is 10.0 Å². The zero-order valence-electron chi connectivity index (χ0n) is 27.5. The van der Waals surface area contributed by atoms with Gasteiger partial charge in [0.15, 0.2) is 0 Å². The molecule has 1 aliphatic heterocycles. The van der Waals surface area contributed by atoms with E-state index in [2.05, 4.69) is 40.7 Å². The van der Waals surface area contributed by atoms with E-state index in [4.69, 9.17) is 14.5 Å². The van der Waals surface area contributed by atoms with Crippen LogP contribution < -0.4 is 14.2 Å². The first kappa shape index (κ1) is 32.0. The number of anilines is 1. The fraction of sp³-hybridized carbons (Fsp3) is 0.432. The number of nitrogens with one attached hydrogen (secondary N) is 1. The molecule has 2 aliphatic rings. The van der Waals surface area contributed by atoms with Crippen molar-refractivity contribution in [3.63, 3.8) is 0 Å². The van der Waals surface area contributed by atoms with Crippen LogP contribution in [0.25, 0.3) is 11.3 Å². The monoisotopic (exact) mass is 640 g/mol. The summed E-state index contributed by atoms with van der Waals surface area (Å²) in [6.07, 6.45) is 4.87. The second-order valence-electron chi connectivity index (χ2n) is 13.5. The molecule has 4 bridgehead atoms. The van der Waals surface area contributed by atoms with Gasteiger partial charge in [-0.25, -0.2) is 18.1 Å². The van der Waals surface area contributed by atoms with Crippen molar-refractivity contribution in [1.82, 2.24) is 15.0 Å². The average molecular weight is 641 g/mol. The number of rotatable bonds is 7. The van der Waals surface area contributed by atoms with Crippen LogP contribution in [0, 0.1) is 31.6 Å². The van der Waals surface area contributed by atoms with Gasteiger partial charge in [-0.2, -0.15) is 4.98 Å². The topological polar surface area (TPSA) is 103 Å². The number of nitrogens with zero attached hydrogens (tertiary/aromatic N) is 3. The number of hydrogen-bond donors (Lipinski definition) is 1. The Morgan fingerprint density at radius 2 is 1.72 bits per heavy atom. The van der Waals surface area contributed by atoms with Gasteiger partial charge >= 0.3 is 0 Å². The zero-order chi connectivity index (χ0) is 32.6. The molecule has 6 rings (SSSR count). The van der Waals surface area contributed by atoms with Crippen molar-refractivity contribution in [2.75, 3.05) is 11.3 Å². The molecule has 9 heteroatoms. The lowest BCUT2D eigenvalue weighted by atomic mass is 9.60. The predicted molar refractivity (Wildman–Crippen MR) is 181 cm³/mol. The second-order valence-corrected chi connectivity index (χ2v) is 15.2. The van der Waals surface area contributed by atoms with Crippen LogP contribution in [0.5, 0.6) is 11.6 Å². The van der Waals surface area contributed by atoms with Crippen LogP contribution in [0.15, 0.2) is 71.8 Å². The summed E-state index contributed by atoms with van der Waals surface area (Å²) < 4.78 is 42.7. The van der Waals surface area contributed by atoms with Gasteiger partial charge < -0.3 is 9.47 Å². The minimum absolute atomic E-state index is 0.00638. The first-order valence-corrected chi connectivity index (χ1v) is 17.8. The highest BCUT2D eigenvalue weighted by molar-refractivity contribution is 7.92. The van der Waals surface area contributed by atoms with E-state index in [1.54, 1.807) is 6.07 Å². The van der Waals surface area contributed by atoms with Gasteiger partial charge in [0.1, 0.15) is 5.75 Å². The minimum Gasteiger partial charge on any atom is -0.489 e. The standard InChI is InChI=1S/C37H44N4O4S/c1-22(2)17-27-21-44-34-19-33(35-24(5)9-7-10-25(35)6)39-37(40-34)41-46(42,43)29-12-8-11-26(18-29)36(27)31-15-14-30(31)32-16-13-28(20-38-32)45-23(3)4/h7-13,16,18-20,22-23,27,30-31,36H,14-15,17,21H2,1-6H3,(H,39,40,41). The maximum Gasteiger partial charge on any atom is 0.264 e. The highest BCUT2D eigenvalue weighted by Gasteiger charge is 2.43. The van der Waals surface area contributed by atoms with Gasteiger partial charge in [-0.3, -0.25) is 4.98 Å². The SMILES string of the molecule is Cc1cccc(C)c1-c1cc2nc(n1)NS(=O)(=O)c1cccc(c1)C(C1CCC1c1ccc(OC(C)C)cn1)C(CC(C)C)CO2. The van der Waals surface area contributed by atoms with E-state index in [0.29, 0.717) is 24.1 Å². The highest BCUT2D eigenvalue weighted by atomic mass is 32.2. The number of aryl methyl sites for hydroxylation is 2. The quantitative estimate of drug-likeness (QED) is 0.218. The summed E-state index contributed by atoms with van der Waals surface area (Å²) in [7, 11) is -3.98. The third-order valence-electron chi connectivity index (χ3n) is 9.25. The summed E-state index contributed by atoms with van der Waals surface area (Å²) in [5.74, 6) is 2.22. The lowest BCUT2D eigenvalue weighted by Crippen LogP contribution is -2.37. The van der Waals surface area contributed by atoms with Crippen molar-refractivity contribution in [3.8, 4) is 22.9 Å². The van der Waals surface area contributed by atoms with Gasteiger partial charge in [-0.1, -0.05) is 44.2 Å². The number of fused-ring (bicyclic) bond motifs is 4. The summed E-state index contributed by atoms with van der Waals surface area (Å²) in [4.78, 5) is 14.2. The first-order valence-electron chi connectivity index (χ1n) is 16.3. The molecule has 1 aliphatic carbocycles. The fourth-order valence-corrected chi connectivity index (χ4v) is 8.22. The summed E-state index contributed by atoms with van der Waals surface area (Å²) >= 11 is 0. The maximum absolute atomic E-state index is 13.8. The summed E-state index contributed by atoms with van der Waals surface area (Å²) in [6, 6.07) is 19.4. The molecule has 4 atom stereocenters. The molecule has 0 spiro atoms. The lowest BCUT2D eigenvalue weighted by Gasteiger charge is -2.45. The van der Waals surface area contributed by atoms with E-state index < -0.39 is 10.0 Å². The van der Waals surface area contributed by atoms with Crippen molar-refractivity contribution in [3.05, 3.63) is 89.2 Å². The van der Waals surface area contributed by atoms with Gasteiger partial charge in [0.2, 0.25) is 11.8 Å². The molecule has 4 unspecified atom stereocenters. The minimum atomic E-state index is -3.98. The summed E-state index contributed by atoms with van der Waals surface area (Å²) in [5.41, 5.74) is 5.70. The molecular weight excluding hydrogens is 596 g/mol. The number of benzene rings is 2. The van der Waals surface area contributed by atoms with Crippen LogP contribution in [0.2, 0.25) is 0 Å². The van der Waals surface area contributed by atoms with Crippen LogP contribution in [0.1, 0.15) is 81.2 Å². The molecule has 46 heavy (non-hydrogen) atoms. The van der Waals surface area contributed by atoms with Crippen molar-refractivity contribution in [1.29, 1.82) is 0 Å². The number of hydrogen-bond acceptors (Lipinski definition) is 7. The van der Waals surface area contributed by atoms with E-state index in [9.17, 15) is 8.42 Å². The Hall–Kier alpha value is -3.98. The molecular formula is C37H44N4O4S. The highest BCUT2D eigenvalue weighted by Crippen LogP contribution is 2.53. The molecule has 4 aromatic rings. The van der Waals surface area contributed by atoms with Gasteiger partial charge in [-0.05, 0) is 106 Å². The van der Waals surface area contributed by atoms with Crippen LogP contribution >= 0.6 is 0 Å². The molecule has 1 fully saturated rings. The Labute approximate surface area is 273 Å². The largest absolute Gasteiger partial charge is 0.489 e. The van der Waals surface area contributed by atoms with Gasteiger partial charge in [0.25, 0.3) is 10.0 Å². The van der Waals surface area contributed by atoms with E-state index in [1.807, 2.05) is 76.4 Å². The number of aromatic nitrogens is 3. The van der Waals surface area contributed by atoms with Crippen molar-refractivity contribution in [2.45, 2.75) is 83.6 Å². The molecule has 242 valence electrons. The Kier molecular flexibility index (Phi) is 9.06. The molecule has 3 heterocycles. The van der Waals surface area contributed by atoms with E-state index >= 15 is 0 Å². The first-order chi connectivity index (χ1) is 22.0. The zero-order valence-corrected chi connectivity index (χ0v) is 28.3. The third-order valence-corrected chi connectivity index (χ3v) is 10.6. The van der Waals surface area contributed by atoms with Crippen molar-refractivity contribution in [2.24, 2.45) is 17.8 Å². The molecule has 0 saturated heterocycles. The Morgan fingerprint density at radius 3 is 2.37 bits per heavy atom. The van der Waals surface area contributed by atoms with Gasteiger partial charge in [-0.15, -0.1) is 0 Å². The molecule has 2 aromatic carbocycles. The number of ether oxygens (including phenoxy) is 2. The van der Waals surface area contributed by atoms with E-state index in [0.717, 1.165) is 53.0 Å². The molecule has 2 aromatic heterocycles. The van der Waals surface area contributed by atoms with Crippen LogP contribution in [0.4, 0.5) is 5.95 Å². The third kappa shape index (κ3) is 6.75. The van der Waals surface area contributed by atoms with Crippen LogP contribution in [0.3, 0.4) is 0 Å². The predicted octanol–water partition coefficient (Wildman–Crippen LogP) is 8.08. The van der Waals surface area contributed by atoms with Gasteiger partial charge in [0, 0.05) is 29.2 Å². The summed E-state index contributed by atoms with van der Waals surface area (Å²) in [6.45, 7) is 13.0. The Morgan fingerprint density at radius 1 is 0.957 bits per heavy atom. The number of pyridine rings is 1. The lowest BCUT2D eigenvalue weighted by molar-refractivity contribution is 0.113. The second kappa shape index (κ2) is 13.0. The van der Waals surface area contributed by atoms with Crippen molar-refractivity contribution >= 4 is 16.0 Å². The molecule has 8 nitrogen and oxygen atoms in total. The molecule has 1 saturated carbocycles.